The number of nitrogens with one attached hydrogen (secondary N) is 1. The van der Waals surface area contributed by atoms with Gasteiger partial charge in [0.15, 0.2) is 0 Å². The van der Waals surface area contributed by atoms with E-state index in [9.17, 15) is 8.42 Å². The van der Waals surface area contributed by atoms with E-state index in [0.29, 0.717) is 24.0 Å². The highest BCUT2D eigenvalue weighted by atomic mass is 32.2. The minimum absolute atomic E-state index is 0.0455. The van der Waals surface area contributed by atoms with Crippen LogP contribution in [-0.2, 0) is 21.3 Å². The Labute approximate surface area is 125 Å². The summed E-state index contributed by atoms with van der Waals surface area (Å²) in [6.07, 6.45) is 3.09. The molecule has 1 aliphatic heterocycles. The van der Waals surface area contributed by atoms with Crippen molar-refractivity contribution in [2.45, 2.75) is 49.8 Å². The minimum atomic E-state index is -3.50. The highest BCUT2D eigenvalue weighted by molar-refractivity contribution is 7.89. The van der Waals surface area contributed by atoms with E-state index in [-0.39, 0.29) is 12.1 Å². The van der Waals surface area contributed by atoms with Gasteiger partial charge in [-0.15, -0.1) is 0 Å². The molecule has 0 aromatic heterocycles. The molecule has 3 N–H and O–H groups in total. The largest absolute Gasteiger partial charge is 0.376 e. The fourth-order valence-corrected chi connectivity index (χ4v) is 4.32. The van der Waals surface area contributed by atoms with Crippen molar-refractivity contribution in [3.8, 4) is 0 Å². The molecule has 3 rings (SSSR count). The van der Waals surface area contributed by atoms with Crippen LogP contribution in [0.2, 0.25) is 0 Å². The first-order valence-electron chi connectivity index (χ1n) is 7.45. The summed E-state index contributed by atoms with van der Waals surface area (Å²) in [6, 6.07) is 5.00. The van der Waals surface area contributed by atoms with Crippen molar-refractivity contribution >= 4 is 10.0 Å². The Morgan fingerprint density at radius 1 is 1.33 bits per heavy atom. The summed E-state index contributed by atoms with van der Waals surface area (Å²) in [7, 11) is -3.50. The molecule has 2 fully saturated rings. The maximum absolute atomic E-state index is 12.5. The van der Waals surface area contributed by atoms with Crippen LogP contribution in [0.1, 0.15) is 30.4 Å². The zero-order valence-electron chi connectivity index (χ0n) is 12.2. The van der Waals surface area contributed by atoms with Gasteiger partial charge in [-0.1, -0.05) is 6.07 Å². The first-order chi connectivity index (χ1) is 10.0. The maximum Gasteiger partial charge on any atom is 0.240 e. The topological polar surface area (TPSA) is 81.4 Å². The fraction of sp³-hybridized carbons (Fsp3) is 0.600. The number of benzene rings is 1. The van der Waals surface area contributed by atoms with E-state index in [1.165, 1.54) is 0 Å². The van der Waals surface area contributed by atoms with Crippen LogP contribution in [0.15, 0.2) is 23.1 Å². The third kappa shape index (κ3) is 3.13. The zero-order valence-corrected chi connectivity index (χ0v) is 13.0. The van der Waals surface area contributed by atoms with E-state index in [0.717, 1.165) is 30.4 Å². The zero-order chi connectivity index (χ0) is 15.0. The highest BCUT2D eigenvalue weighted by Gasteiger charge is 2.42. The number of ether oxygens (including phenoxy) is 1. The summed E-state index contributed by atoms with van der Waals surface area (Å²) in [4.78, 5) is 0.304. The van der Waals surface area contributed by atoms with Crippen LogP contribution in [0.5, 0.6) is 0 Å². The molecule has 1 aliphatic carbocycles. The third-order valence-corrected chi connectivity index (χ3v) is 5.86. The van der Waals surface area contributed by atoms with E-state index < -0.39 is 10.0 Å². The number of aryl methyl sites for hydroxylation is 1. The van der Waals surface area contributed by atoms with Gasteiger partial charge in [-0.3, -0.25) is 0 Å². The number of hydrogen-bond acceptors (Lipinski definition) is 4. The van der Waals surface area contributed by atoms with Gasteiger partial charge in [0, 0.05) is 13.2 Å². The molecule has 0 bridgehead atoms. The van der Waals surface area contributed by atoms with Crippen molar-refractivity contribution in [1.29, 1.82) is 0 Å². The van der Waals surface area contributed by atoms with Crippen LogP contribution in [0.4, 0.5) is 0 Å². The SMILES string of the molecule is Cc1cc(S(=O)(=O)NC2CCOC2C2CC2)ccc1CN. The molecule has 6 heteroatoms. The van der Waals surface area contributed by atoms with E-state index >= 15 is 0 Å². The number of hydrogen-bond donors (Lipinski definition) is 2. The molecule has 116 valence electrons. The average Bonchev–Trinajstić information content (AvgIpc) is 3.19. The third-order valence-electron chi connectivity index (χ3n) is 4.37. The molecule has 1 aromatic carbocycles. The van der Waals surface area contributed by atoms with Gasteiger partial charge in [0.2, 0.25) is 10.0 Å². The molecule has 2 aliphatic rings. The van der Waals surface area contributed by atoms with Crippen LogP contribution in [0, 0.1) is 12.8 Å². The first kappa shape index (κ1) is 15.0. The molecule has 0 radical (unpaired) electrons. The number of rotatable bonds is 5. The van der Waals surface area contributed by atoms with Crippen molar-refractivity contribution < 1.29 is 13.2 Å². The molecule has 0 spiro atoms. The summed E-state index contributed by atoms with van der Waals surface area (Å²) in [5, 5.41) is 0. The van der Waals surface area contributed by atoms with Gasteiger partial charge >= 0.3 is 0 Å². The lowest BCUT2D eigenvalue weighted by molar-refractivity contribution is 0.0848. The summed E-state index contributed by atoms with van der Waals surface area (Å²) in [5.41, 5.74) is 7.49. The normalized spacial score (nSPS) is 26.2. The lowest BCUT2D eigenvalue weighted by Gasteiger charge is -2.19. The molecule has 1 aromatic rings. The average molecular weight is 310 g/mol. The second kappa shape index (κ2) is 5.68. The minimum Gasteiger partial charge on any atom is -0.376 e. The van der Waals surface area contributed by atoms with Crippen LogP contribution in [0.25, 0.3) is 0 Å². The van der Waals surface area contributed by atoms with Crippen molar-refractivity contribution in [1.82, 2.24) is 4.72 Å². The molecule has 5 nitrogen and oxygen atoms in total. The Bertz CT molecular complexity index is 626. The van der Waals surface area contributed by atoms with Gasteiger partial charge in [0.05, 0.1) is 17.0 Å². The Morgan fingerprint density at radius 3 is 2.71 bits per heavy atom. The van der Waals surface area contributed by atoms with Gasteiger partial charge < -0.3 is 10.5 Å². The Balaban J connectivity index is 1.78. The van der Waals surface area contributed by atoms with Crippen LogP contribution < -0.4 is 10.5 Å². The number of nitrogens with two attached hydrogens (primary N) is 1. The van der Waals surface area contributed by atoms with E-state index in [1.54, 1.807) is 18.2 Å². The summed E-state index contributed by atoms with van der Waals surface area (Å²) in [5.74, 6) is 0.529. The summed E-state index contributed by atoms with van der Waals surface area (Å²) in [6.45, 7) is 2.94. The highest BCUT2D eigenvalue weighted by Crippen LogP contribution is 2.39. The van der Waals surface area contributed by atoms with Gasteiger partial charge in [-0.25, -0.2) is 13.1 Å². The molecule has 1 saturated carbocycles. The quantitative estimate of drug-likeness (QED) is 0.859. The molecule has 2 unspecified atom stereocenters. The van der Waals surface area contributed by atoms with E-state index in [2.05, 4.69) is 4.72 Å². The lowest BCUT2D eigenvalue weighted by atomic mass is 10.1. The molecule has 1 heterocycles. The van der Waals surface area contributed by atoms with Gasteiger partial charge in [-0.05, 0) is 55.4 Å². The van der Waals surface area contributed by atoms with E-state index in [1.807, 2.05) is 6.92 Å². The van der Waals surface area contributed by atoms with Crippen molar-refractivity contribution in [2.75, 3.05) is 6.61 Å². The molecular weight excluding hydrogens is 288 g/mol. The van der Waals surface area contributed by atoms with Crippen LogP contribution >= 0.6 is 0 Å². The smallest absolute Gasteiger partial charge is 0.240 e. The summed E-state index contributed by atoms with van der Waals surface area (Å²) >= 11 is 0. The molecule has 21 heavy (non-hydrogen) atoms. The summed E-state index contributed by atoms with van der Waals surface area (Å²) < 4.78 is 33.6. The monoisotopic (exact) mass is 310 g/mol. The standard InChI is InChI=1S/C15H22N2O3S/c1-10-8-13(5-4-12(10)9-16)21(18,19)17-14-6-7-20-15(14)11-2-3-11/h4-5,8,11,14-15,17H,2-3,6-7,9,16H2,1H3. The van der Waals surface area contributed by atoms with Crippen LogP contribution in [0.3, 0.4) is 0 Å². The van der Waals surface area contributed by atoms with E-state index in [4.69, 9.17) is 10.5 Å². The lowest BCUT2D eigenvalue weighted by Crippen LogP contribution is -2.41. The second-order valence-corrected chi connectivity index (χ2v) is 7.70. The molecule has 1 saturated heterocycles. The Morgan fingerprint density at radius 2 is 2.10 bits per heavy atom. The number of sulfonamides is 1. The van der Waals surface area contributed by atoms with Gasteiger partial charge in [-0.2, -0.15) is 0 Å². The molecular formula is C15H22N2O3S. The molecule has 2 atom stereocenters. The Hall–Kier alpha value is -0.950. The Kier molecular flexibility index (Phi) is 4.05. The van der Waals surface area contributed by atoms with Crippen molar-refractivity contribution in [3.05, 3.63) is 29.3 Å². The van der Waals surface area contributed by atoms with Crippen molar-refractivity contribution in [3.63, 3.8) is 0 Å². The van der Waals surface area contributed by atoms with Crippen LogP contribution in [-0.4, -0.2) is 27.2 Å². The van der Waals surface area contributed by atoms with Gasteiger partial charge in [0.25, 0.3) is 0 Å². The van der Waals surface area contributed by atoms with Gasteiger partial charge in [0.1, 0.15) is 0 Å². The first-order valence-corrected chi connectivity index (χ1v) is 8.93. The second-order valence-electron chi connectivity index (χ2n) is 5.98. The van der Waals surface area contributed by atoms with Crippen molar-refractivity contribution in [2.24, 2.45) is 11.7 Å². The molecule has 0 amide bonds. The maximum atomic E-state index is 12.5. The predicted octanol–water partition coefficient (Wildman–Crippen LogP) is 1.30. The predicted molar refractivity (Wildman–Crippen MR) is 80.3 cm³/mol. The fourth-order valence-electron chi connectivity index (χ4n) is 2.96.